The van der Waals surface area contributed by atoms with E-state index in [0.29, 0.717) is 13.0 Å². The van der Waals surface area contributed by atoms with Gasteiger partial charge in [-0.3, -0.25) is 4.79 Å². The monoisotopic (exact) mass is 353 g/mol. The molecule has 21 heavy (non-hydrogen) atoms. The van der Waals surface area contributed by atoms with Crippen molar-refractivity contribution in [3.8, 4) is 0 Å². The van der Waals surface area contributed by atoms with Crippen molar-refractivity contribution < 1.29 is 13.6 Å². The predicted molar refractivity (Wildman–Crippen MR) is 81.2 cm³/mol. The number of rotatable bonds is 4. The van der Waals surface area contributed by atoms with Gasteiger partial charge in [-0.05, 0) is 24.1 Å². The molecule has 0 bridgehead atoms. The highest BCUT2D eigenvalue weighted by atomic mass is 79.9. The lowest BCUT2D eigenvalue weighted by Gasteiger charge is -2.18. The lowest BCUT2D eigenvalue weighted by atomic mass is 10.1. The summed E-state index contributed by atoms with van der Waals surface area (Å²) >= 11 is 2.99. The first kappa shape index (κ1) is 15.6. The summed E-state index contributed by atoms with van der Waals surface area (Å²) in [5.74, 6) is -2.38. The Kier molecular flexibility index (Phi) is 5.07. The van der Waals surface area contributed by atoms with Crippen molar-refractivity contribution in [2.45, 2.75) is 6.42 Å². The average molecular weight is 354 g/mol. The Labute approximate surface area is 130 Å². The van der Waals surface area contributed by atoms with E-state index < -0.39 is 23.1 Å². The maximum absolute atomic E-state index is 13.8. The Morgan fingerprint density at radius 1 is 1.14 bits per heavy atom. The second-order valence-corrected chi connectivity index (χ2v) is 5.62. The average Bonchev–Trinajstić information content (AvgIpc) is 2.44. The largest absolute Gasteiger partial charge is 0.341 e. The van der Waals surface area contributed by atoms with E-state index in [1.165, 1.54) is 11.9 Å². The number of carbonyl (C=O) groups excluding carboxylic acids is 1. The first-order chi connectivity index (χ1) is 9.99. The number of likely N-dealkylation sites (N-methyl/N-ethyl adjacent to an activating group) is 1. The van der Waals surface area contributed by atoms with E-state index in [2.05, 4.69) is 15.9 Å². The Hall–Kier alpha value is -1.75. The summed E-state index contributed by atoms with van der Waals surface area (Å²) in [5.41, 5.74) is 0.544. The molecule has 0 fully saturated rings. The Balaban J connectivity index is 2.09. The minimum Gasteiger partial charge on any atom is -0.341 e. The summed E-state index contributed by atoms with van der Waals surface area (Å²) in [6.45, 7) is 0.387. The molecule has 0 saturated carbocycles. The topological polar surface area (TPSA) is 20.3 Å². The molecular formula is C16H14BrF2NO. The predicted octanol–water partition coefficient (Wildman–Crippen LogP) is 4.04. The quantitative estimate of drug-likeness (QED) is 0.812. The molecule has 2 nitrogen and oxygen atoms in total. The van der Waals surface area contributed by atoms with Crippen LogP contribution in [0.15, 0.2) is 46.9 Å². The van der Waals surface area contributed by atoms with Gasteiger partial charge in [0.05, 0.1) is 0 Å². The fourth-order valence-electron chi connectivity index (χ4n) is 1.98. The van der Waals surface area contributed by atoms with Gasteiger partial charge in [0.15, 0.2) is 0 Å². The standard InChI is InChI=1S/C16H14BrF2NO/c1-20(8-7-11-5-3-2-4-6-11)16(21)15-13(18)9-12(17)10-14(15)19/h2-6,9-10H,7-8H2,1H3. The van der Waals surface area contributed by atoms with Gasteiger partial charge in [-0.25, -0.2) is 8.78 Å². The SMILES string of the molecule is CN(CCc1ccccc1)C(=O)c1c(F)cc(Br)cc1F. The summed E-state index contributed by atoms with van der Waals surface area (Å²) in [5, 5.41) is 0. The summed E-state index contributed by atoms with van der Waals surface area (Å²) in [4.78, 5) is 13.5. The number of hydrogen-bond donors (Lipinski definition) is 0. The molecule has 5 heteroatoms. The molecule has 0 spiro atoms. The highest BCUT2D eigenvalue weighted by Crippen LogP contribution is 2.20. The number of amides is 1. The lowest BCUT2D eigenvalue weighted by Crippen LogP contribution is -2.30. The van der Waals surface area contributed by atoms with Crippen molar-refractivity contribution >= 4 is 21.8 Å². The molecule has 0 heterocycles. The summed E-state index contributed by atoms with van der Waals surface area (Å²) in [6, 6.07) is 11.8. The Morgan fingerprint density at radius 2 is 1.71 bits per heavy atom. The first-order valence-electron chi connectivity index (χ1n) is 6.43. The molecule has 0 saturated heterocycles. The maximum Gasteiger partial charge on any atom is 0.259 e. The van der Waals surface area contributed by atoms with Crippen molar-refractivity contribution in [1.82, 2.24) is 4.90 Å². The van der Waals surface area contributed by atoms with Crippen LogP contribution in [0.1, 0.15) is 15.9 Å². The molecule has 0 aliphatic rings. The third-order valence-electron chi connectivity index (χ3n) is 3.15. The van der Waals surface area contributed by atoms with Gasteiger partial charge < -0.3 is 4.90 Å². The number of benzene rings is 2. The highest BCUT2D eigenvalue weighted by Gasteiger charge is 2.21. The van der Waals surface area contributed by atoms with Gasteiger partial charge in [0.25, 0.3) is 5.91 Å². The summed E-state index contributed by atoms with van der Waals surface area (Å²) < 4.78 is 27.8. The van der Waals surface area contributed by atoms with Crippen LogP contribution in [-0.2, 0) is 6.42 Å². The van der Waals surface area contributed by atoms with Crippen LogP contribution in [0, 0.1) is 11.6 Å². The van der Waals surface area contributed by atoms with Gasteiger partial charge in [0.1, 0.15) is 17.2 Å². The fourth-order valence-corrected chi connectivity index (χ4v) is 2.38. The highest BCUT2D eigenvalue weighted by molar-refractivity contribution is 9.10. The third kappa shape index (κ3) is 3.88. The molecule has 1 amide bonds. The van der Waals surface area contributed by atoms with E-state index in [1.54, 1.807) is 0 Å². The lowest BCUT2D eigenvalue weighted by molar-refractivity contribution is 0.0787. The van der Waals surface area contributed by atoms with E-state index >= 15 is 0 Å². The van der Waals surface area contributed by atoms with E-state index in [4.69, 9.17) is 0 Å². The first-order valence-corrected chi connectivity index (χ1v) is 7.22. The number of nitrogens with zero attached hydrogens (tertiary/aromatic N) is 1. The maximum atomic E-state index is 13.8. The Morgan fingerprint density at radius 3 is 2.29 bits per heavy atom. The van der Waals surface area contributed by atoms with Crippen LogP contribution < -0.4 is 0 Å². The molecule has 0 aliphatic carbocycles. The van der Waals surface area contributed by atoms with Crippen molar-refractivity contribution in [2.24, 2.45) is 0 Å². The smallest absolute Gasteiger partial charge is 0.259 e. The second kappa shape index (κ2) is 6.80. The zero-order valence-electron chi connectivity index (χ0n) is 11.4. The number of carbonyl (C=O) groups is 1. The molecule has 0 aliphatic heterocycles. The third-order valence-corrected chi connectivity index (χ3v) is 3.60. The van der Waals surface area contributed by atoms with Crippen molar-refractivity contribution in [2.75, 3.05) is 13.6 Å². The van der Waals surface area contributed by atoms with Crippen molar-refractivity contribution in [1.29, 1.82) is 0 Å². The molecule has 2 aromatic rings. The van der Waals surface area contributed by atoms with Gasteiger partial charge in [-0.2, -0.15) is 0 Å². The number of hydrogen-bond acceptors (Lipinski definition) is 1. The van der Waals surface area contributed by atoms with Crippen LogP contribution in [0.3, 0.4) is 0 Å². The van der Waals surface area contributed by atoms with Crippen LogP contribution in [0.5, 0.6) is 0 Å². The van der Waals surface area contributed by atoms with Crippen LogP contribution >= 0.6 is 15.9 Å². The summed E-state index contributed by atoms with van der Waals surface area (Å²) in [6.07, 6.45) is 0.628. The van der Waals surface area contributed by atoms with Crippen LogP contribution in [0.4, 0.5) is 8.78 Å². The molecule has 110 valence electrons. The van der Waals surface area contributed by atoms with Gasteiger partial charge in [0, 0.05) is 18.1 Å². The normalized spacial score (nSPS) is 10.5. The molecular weight excluding hydrogens is 340 g/mol. The van der Waals surface area contributed by atoms with Crippen LogP contribution in [0.25, 0.3) is 0 Å². The molecule has 0 unspecified atom stereocenters. The van der Waals surface area contributed by atoms with Crippen LogP contribution in [-0.4, -0.2) is 24.4 Å². The van der Waals surface area contributed by atoms with E-state index in [-0.39, 0.29) is 4.47 Å². The molecule has 0 atom stereocenters. The second-order valence-electron chi connectivity index (χ2n) is 4.71. The minimum absolute atomic E-state index is 0.265. The van der Waals surface area contributed by atoms with Crippen molar-refractivity contribution in [3.05, 3.63) is 69.7 Å². The van der Waals surface area contributed by atoms with Gasteiger partial charge in [-0.15, -0.1) is 0 Å². The van der Waals surface area contributed by atoms with Crippen molar-refractivity contribution in [3.63, 3.8) is 0 Å². The molecule has 0 aromatic heterocycles. The zero-order chi connectivity index (χ0) is 15.4. The van der Waals surface area contributed by atoms with E-state index in [0.717, 1.165) is 17.7 Å². The van der Waals surface area contributed by atoms with Crippen LogP contribution in [0.2, 0.25) is 0 Å². The van der Waals surface area contributed by atoms with E-state index in [1.807, 2.05) is 30.3 Å². The molecule has 2 rings (SSSR count). The molecule has 2 aromatic carbocycles. The zero-order valence-corrected chi connectivity index (χ0v) is 13.0. The molecule has 0 radical (unpaired) electrons. The molecule has 0 N–H and O–H groups in total. The van der Waals surface area contributed by atoms with Gasteiger partial charge in [0.2, 0.25) is 0 Å². The Bertz CT molecular complexity index is 623. The van der Waals surface area contributed by atoms with Gasteiger partial charge >= 0.3 is 0 Å². The number of halogens is 3. The fraction of sp³-hybridized carbons (Fsp3) is 0.188. The summed E-state index contributed by atoms with van der Waals surface area (Å²) in [7, 11) is 1.53. The van der Waals surface area contributed by atoms with Gasteiger partial charge in [-0.1, -0.05) is 46.3 Å². The minimum atomic E-state index is -0.863. The van der Waals surface area contributed by atoms with E-state index in [9.17, 15) is 13.6 Å².